The van der Waals surface area contributed by atoms with Crippen molar-refractivity contribution < 1.29 is 19.0 Å². The summed E-state index contributed by atoms with van der Waals surface area (Å²) in [6.07, 6.45) is 1.72. The van der Waals surface area contributed by atoms with Crippen LogP contribution in [0.3, 0.4) is 0 Å². The number of hydrogen-bond acceptors (Lipinski definition) is 4. The van der Waals surface area contributed by atoms with Crippen molar-refractivity contribution in [2.75, 3.05) is 20.3 Å². The Balaban J connectivity index is 1.76. The Morgan fingerprint density at radius 2 is 2.12 bits per heavy atom. The number of fused-ring (bicyclic) bond motifs is 1. The van der Waals surface area contributed by atoms with E-state index in [1.807, 2.05) is 31.2 Å². The topological polar surface area (TPSA) is 70.8 Å². The Hall–Kier alpha value is -2.69. The van der Waals surface area contributed by atoms with Crippen LogP contribution in [-0.4, -0.2) is 26.2 Å². The molecule has 5 heteroatoms. The fraction of sp³-hybridized carbons (Fsp3) is 0.350. The minimum atomic E-state index is -0.478. The summed E-state index contributed by atoms with van der Waals surface area (Å²) in [6.45, 7) is 2.55. The summed E-state index contributed by atoms with van der Waals surface area (Å²) in [5.74, 6) is 2.18. The molecule has 0 unspecified atom stereocenters. The first-order valence-electron chi connectivity index (χ1n) is 8.36. The lowest BCUT2D eigenvalue weighted by Gasteiger charge is -2.27. The Morgan fingerprint density at radius 1 is 1.28 bits per heavy atom. The molecule has 0 saturated carbocycles. The van der Waals surface area contributed by atoms with Crippen molar-refractivity contribution in [3.63, 3.8) is 0 Å². The number of carbonyl (C=O) groups excluding carboxylic acids is 1. The van der Waals surface area contributed by atoms with Gasteiger partial charge in [0, 0.05) is 5.92 Å². The van der Waals surface area contributed by atoms with E-state index in [2.05, 4.69) is 12.1 Å². The second-order valence-corrected chi connectivity index (χ2v) is 6.40. The van der Waals surface area contributed by atoms with Gasteiger partial charge in [-0.2, -0.15) is 0 Å². The molecule has 2 aromatic rings. The van der Waals surface area contributed by atoms with Crippen LogP contribution in [0.4, 0.5) is 0 Å². The number of ether oxygens (including phenoxy) is 3. The van der Waals surface area contributed by atoms with Crippen LogP contribution in [0.1, 0.15) is 16.7 Å². The summed E-state index contributed by atoms with van der Waals surface area (Å²) >= 11 is 0. The zero-order valence-corrected chi connectivity index (χ0v) is 14.6. The van der Waals surface area contributed by atoms with Crippen molar-refractivity contribution in [3.05, 3.63) is 53.1 Å². The minimum Gasteiger partial charge on any atom is -0.493 e. The molecular weight excluding hydrogens is 318 g/mol. The van der Waals surface area contributed by atoms with E-state index in [1.54, 1.807) is 7.11 Å². The molecular formula is C20H23NO4. The molecule has 0 aliphatic carbocycles. The van der Waals surface area contributed by atoms with Gasteiger partial charge in [0.2, 0.25) is 0 Å². The highest BCUT2D eigenvalue weighted by molar-refractivity contribution is 5.75. The van der Waals surface area contributed by atoms with Crippen molar-refractivity contribution >= 4 is 5.91 Å². The predicted octanol–water partition coefficient (Wildman–Crippen LogP) is 2.66. The zero-order valence-electron chi connectivity index (χ0n) is 14.6. The first-order valence-corrected chi connectivity index (χ1v) is 8.36. The largest absolute Gasteiger partial charge is 0.493 e. The Labute approximate surface area is 147 Å². The number of nitrogens with two attached hydrogens (primary N) is 1. The second-order valence-electron chi connectivity index (χ2n) is 6.40. The van der Waals surface area contributed by atoms with Crippen LogP contribution in [0.15, 0.2) is 36.4 Å². The average molecular weight is 341 g/mol. The Morgan fingerprint density at radius 3 is 2.88 bits per heavy atom. The molecule has 0 aromatic heterocycles. The van der Waals surface area contributed by atoms with Crippen molar-refractivity contribution in [1.82, 2.24) is 0 Å². The van der Waals surface area contributed by atoms with E-state index < -0.39 is 5.91 Å². The van der Waals surface area contributed by atoms with E-state index in [9.17, 15) is 4.79 Å². The van der Waals surface area contributed by atoms with Crippen molar-refractivity contribution in [1.29, 1.82) is 0 Å². The molecule has 0 spiro atoms. The summed E-state index contributed by atoms with van der Waals surface area (Å²) < 4.78 is 16.9. The van der Waals surface area contributed by atoms with Crippen LogP contribution in [0.25, 0.3) is 0 Å². The first-order chi connectivity index (χ1) is 12.1. The molecule has 1 aliphatic heterocycles. The molecule has 1 amide bonds. The number of aryl methyl sites for hydroxylation is 1. The zero-order chi connectivity index (χ0) is 17.8. The minimum absolute atomic E-state index is 0.114. The normalized spacial score (nSPS) is 15.8. The van der Waals surface area contributed by atoms with Crippen LogP contribution in [0, 0.1) is 12.8 Å². The summed E-state index contributed by atoms with van der Waals surface area (Å²) in [7, 11) is 1.65. The molecule has 3 rings (SSSR count). The summed E-state index contributed by atoms with van der Waals surface area (Å²) in [5.41, 5.74) is 8.57. The Kier molecular flexibility index (Phi) is 5.12. The second kappa shape index (κ2) is 7.47. The number of methoxy groups -OCH3 is 1. The van der Waals surface area contributed by atoms with Crippen molar-refractivity contribution in [3.8, 4) is 17.2 Å². The van der Waals surface area contributed by atoms with Crippen LogP contribution in [0.5, 0.6) is 17.2 Å². The number of hydrogen-bond donors (Lipinski definition) is 1. The van der Waals surface area contributed by atoms with Crippen LogP contribution < -0.4 is 19.9 Å². The van der Waals surface area contributed by atoms with E-state index in [1.165, 1.54) is 0 Å². The Bertz CT molecular complexity index is 772. The smallest absolute Gasteiger partial charge is 0.255 e. The van der Waals surface area contributed by atoms with Crippen LogP contribution >= 0.6 is 0 Å². The van der Waals surface area contributed by atoms with Crippen molar-refractivity contribution in [2.45, 2.75) is 19.8 Å². The molecule has 132 valence electrons. The van der Waals surface area contributed by atoms with Gasteiger partial charge in [0.25, 0.3) is 5.91 Å². The number of primary amides is 1. The summed E-state index contributed by atoms with van der Waals surface area (Å²) in [4.78, 5) is 11.0. The molecule has 1 atom stereocenters. The van der Waals surface area contributed by atoms with Gasteiger partial charge in [-0.3, -0.25) is 4.79 Å². The number of benzene rings is 2. The average Bonchev–Trinajstić information content (AvgIpc) is 2.60. The highest BCUT2D eigenvalue weighted by Gasteiger charge is 2.24. The molecule has 0 bridgehead atoms. The molecule has 0 fully saturated rings. The molecule has 1 heterocycles. The highest BCUT2D eigenvalue weighted by atomic mass is 16.5. The number of carbonyl (C=O) groups is 1. The van der Waals surface area contributed by atoms with E-state index in [0.717, 1.165) is 41.0 Å². The predicted molar refractivity (Wildman–Crippen MR) is 95.3 cm³/mol. The third-order valence-electron chi connectivity index (χ3n) is 4.35. The van der Waals surface area contributed by atoms with Gasteiger partial charge < -0.3 is 19.9 Å². The SMILES string of the molecule is COc1cccc2c1OC[C@H](Cc1cc(C)ccc1OCC(N)=O)C2. The van der Waals surface area contributed by atoms with E-state index >= 15 is 0 Å². The monoisotopic (exact) mass is 341 g/mol. The van der Waals surface area contributed by atoms with Gasteiger partial charge in [-0.05, 0) is 43.0 Å². The van der Waals surface area contributed by atoms with E-state index in [-0.39, 0.29) is 6.61 Å². The molecule has 2 N–H and O–H groups in total. The number of amides is 1. The van der Waals surface area contributed by atoms with E-state index in [0.29, 0.717) is 18.3 Å². The lowest BCUT2D eigenvalue weighted by molar-refractivity contribution is -0.119. The lowest BCUT2D eigenvalue weighted by Crippen LogP contribution is -2.24. The molecule has 25 heavy (non-hydrogen) atoms. The first kappa shape index (κ1) is 17.1. The fourth-order valence-corrected chi connectivity index (χ4v) is 3.22. The summed E-state index contributed by atoms with van der Waals surface area (Å²) in [6, 6.07) is 11.9. The van der Waals surface area contributed by atoms with Crippen LogP contribution in [0.2, 0.25) is 0 Å². The van der Waals surface area contributed by atoms with Gasteiger partial charge in [-0.25, -0.2) is 0 Å². The molecule has 1 aliphatic rings. The highest BCUT2D eigenvalue weighted by Crippen LogP contribution is 2.37. The van der Waals surface area contributed by atoms with E-state index in [4.69, 9.17) is 19.9 Å². The molecule has 2 aromatic carbocycles. The van der Waals surface area contributed by atoms with Gasteiger partial charge in [0.15, 0.2) is 18.1 Å². The fourth-order valence-electron chi connectivity index (χ4n) is 3.22. The third kappa shape index (κ3) is 4.05. The quantitative estimate of drug-likeness (QED) is 0.877. The van der Waals surface area contributed by atoms with Gasteiger partial charge in [0.1, 0.15) is 5.75 Å². The van der Waals surface area contributed by atoms with Gasteiger partial charge in [-0.1, -0.05) is 29.8 Å². The molecule has 5 nitrogen and oxygen atoms in total. The van der Waals surface area contributed by atoms with Gasteiger partial charge >= 0.3 is 0 Å². The summed E-state index contributed by atoms with van der Waals surface area (Å²) in [5, 5.41) is 0. The lowest BCUT2D eigenvalue weighted by atomic mass is 9.90. The maximum Gasteiger partial charge on any atom is 0.255 e. The molecule has 0 saturated heterocycles. The standard InChI is InChI=1S/C20H23NO4/c1-13-6-7-17(24-12-19(21)22)16(8-13)10-14-9-15-4-3-5-18(23-2)20(15)25-11-14/h3-8,14H,9-12H2,1-2H3,(H2,21,22)/t14-/m0/s1. The number of para-hydroxylation sites is 1. The van der Waals surface area contributed by atoms with Gasteiger partial charge in [0.05, 0.1) is 13.7 Å². The van der Waals surface area contributed by atoms with Gasteiger partial charge in [-0.15, -0.1) is 0 Å². The van der Waals surface area contributed by atoms with Crippen LogP contribution in [-0.2, 0) is 17.6 Å². The maximum atomic E-state index is 11.0. The number of rotatable bonds is 6. The van der Waals surface area contributed by atoms with Crippen molar-refractivity contribution in [2.24, 2.45) is 11.7 Å². The molecule has 0 radical (unpaired) electrons. The third-order valence-corrected chi connectivity index (χ3v) is 4.35. The maximum absolute atomic E-state index is 11.0.